The van der Waals surface area contributed by atoms with Gasteiger partial charge < -0.3 is 14.2 Å². The van der Waals surface area contributed by atoms with Crippen LogP contribution in [0.15, 0.2) is 48.7 Å². The number of ether oxygens (including phenoxy) is 3. The first-order valence-corrected chi connectivity index (χ1v) is 7.36. The van der Waals surface area contributed by atoms with Crippen molar-refractivity contribution < 1.29 is 18.8 Å². The number of rotatable bonds is 4. The monoisotopic (exact) mass is 310 g/mol. The van der Waals surface area contributed by atoms with Gasteiger partial charge in [0.05, 0.1) is 32.3 Å². The predicted octanol–water partition coefficient (Wildman–Crippen LogP) is 3.36. The highest BCUT2D eigenvalue weighted by atomic mass is 16.5. The minimum absolute atomic E-state index is 0.718. The van der Waals surface area contributed by atoms with E-state index in [4.69, 9.17) is 14.2 Å². The standard InChI is InChI=1S/C19H20NO3/c1-20-12-15-13(6-5-7-17(15)21-2)10-16(20)14-8-9-18(22-3)19(11-14)23-4/h5-12H,1-4H3/q+1. The Morgan fingerprint density at radius 1 is 0.783 bits per heavy atom. The molecule has 0 unspecified atom stereocenters. The molecule has 1 aromatic heterocycles. The van der Waals surface area contributed by atoms with Gasteiger partial charge in [-0.2, -0.15) is 0 Å². The Morgan fingerprint density at radius 3 is 2.22 bits per heavy atom. The summed E-state index contributed by atoms with van der Waals surface area (Å²) >= 11 is 0. The third-order valence-corrected chi connectivity index (χ3v) is 3.99. The van der Waals surface area contributed by atoms with Crippen molar-refractivity contribution in [1.82, 2.24) is 0 Å². The van der Waals surface area contributed by atoms with Crippen molar-refractivity contribution in [3.63, 3.8) is 0 Å². The van der Waals surface area contributed by atoms with Crippen molar-refractivity contribution in [1.29, 1.82) is 0 Å². The minimum atomic E-state index is 0.718. The van der Waals surface area contributed by atoms with Crippen molar-refractivity contribution in [2.24, 2.45) is 7.05 Å². The Hall–Kier alpha value is -2.75. The molecule has 0 saturated carbocycles. The van der Waals surface area contributed by atoms with Gasteiger partial charge in [0, 0.05) is 6.07 Å². The van der Waals surface area contributed by atoms with Gasteiger partial charge in [-0.05, 0) is 29.7 Å². The van der Waals surface area contributed by atoms with Crippen LogP contribution >= 0.6 is 0 Å². The Bertz CT molecular complexity index is 859. The third kappa shape index (κ3) is 2.68. The molecule has 3 rings (SSSR count). The fraction of sp³-hybridized carbons (Fsp3) is 0.211. The zero-order valence-corrected chi connectivity index (χ0v) is 13.8. The van der Waals surface area contributed by atoms with Crippen LogP contribution in [0.5, 0.6) is 17.2 Å². The summed E-state index contributed by atoms with van der Waals surface area (Å²) in [7, 11) is 7.00. The van der Waals surface area contributed by atoms with E-state index in [1.807, 2.05) is 37.4 Å². The van der Waals surface area contributed by atoms with Crippen LogP contribution in [0.1, 0.15) is 0 Å². The molecule has 118 valence electrons. The van der Waals surface area contributed by atoms with Gasteiger partial charge in [0.1, 0.15) is 12.8 Å². The topological polar surface area (TPSA) is 31.6 Å². The van der Waals surface area contributed by atoms with E-state index < -0.39 is 0 Å². The predicted molar refractivity (Wildman–Crippen MR) is 90.2 cm³/mol. The lowest BCUT2D eigenvalue weighted by atomic mass is 10.1. The van der Waals surface area contributed by atoms with Crippen molar-refractivity contribution >= 4 is 10.8 Å². The molecule has 23 heavy (non-hydrogen) atoms. The first kappa shape index (κ1) is 15.2. The Morgan fingerprint density at radius 2 is 1.52 bits per heavy atom. The molecule has 2 aromatic carbocycles. The second-order valence-electron chi connectivity index (χ2n) is 5.30. The van der Waals surface area contributed by atoms with E-state index in [0.29, 0.717) is 0 Å². The number of aromatic nitrogens is 1. The maximum absolute atomic E-state index is 5.44. The Kier molecular flexibility index (Phi) is 4.06. The van der Waals surface area contributed by atoms with Gasteiger partial charge in [-0.15, -0.1) is 0 Å². The summed E-state index contributed by atoms with van der Waals surface area (Å²) in [6, 6.07) is 14.1. The van der Waals surface area contributed by atoms with Crippen LogP contribution in [0.3, 0.4) is 0 Å². The van der Waals surface area contributed by atoms with E-state index in [9.17, 15) is 0 Å². The van der Waals surface area contributed by atoms with E-state index in [1.165, 1.54) is 0 Å². The molecular formula is C19H20NO3+. The van der Waals surface area contributed by atoms with E-state index in [0.717, 1.165) is 39.3 Å². The lowest BCUT2D eigenvalue weighted by Gasteiger charge is -2.10. The summed E-state index contributed by atoms with van der Waals surface area (Å²) in [6.07, 6.45) is 2.08. The first-order valence-electron chi connectivity index (χ1n) is 7.36. The quantitative estimate of drug-likeness (QED) is 0.693. The Balaban J connectivity index is 2.18. The summed E-state index contributed by atoms with van der Waals surface area (Å²) < 4.78 is 18.3. The number of hydrogen-bond donors (Lipinski definition) is 0. The second kappa shape index (κ2) is 6.16. The molecule has 0 aliphatic rings. The maximum atomic E-state index is 5.44. The molecule has 0 aliphatic heterocycles. The van der Waals surface area contributed by atoms with Crippen LogP contribution in [0.2, 0.25) is 0 Å². The number of hydrogen-bond acceptors (Lipinski definition) is 3. The van der Waals surface area contributed by atoms with Gasteiger partial charge in [0.15, 0.2) is 17.7 Å². The van der Waals surface area contributed by atoms with E-state index in [1.54, 1.807) is 21.3 Å². The lowest BCUT2D eigenvalue weighted by Crippen LogP contribution is -2.30. The van der Waals surface area contributed by atoms with Gasteiger partial charge in [-0.25, -0.2) is 4.57 Å². The van der Waals surface area contributed by atoms with Gasteiger partial charge in [-0.3, -0.25) is 0 Å². The molecule has 0 atom stereocenters. The number of nitrogens with zero attached hydrogens (tertiary/aromatic N) is 1. The number of fused-ring (bicyclic) bond motifs is 1. The zero-order valence-electron chi connectivity index (χ0n) is 13.8. The highest BCUT2D eigenvalue weighted by Crippen LogP contribution is 2.33. The van der Waals surface area contributed by atoms with Crippen LogP contribution in [-0.2, 0) is 7.05 Å². The molecule has 0 amide bonds. The average Bonchev–Trinajstić information content (AvgIpc) is 2.60. The summed E-state index contributed by atoms with van der Waals surface area (Å²) in [5.41, 5.74) is 2.15. The summed E-state index contributed by atoms with van der Waals surface area (Å²) in [6.45, 7) is 0. The molecule has 0 saturated heterocycles. The average molecular weight is 310 g/mol. The highest BCUT2D eigenvalue weighted by molar-refractivity contribution is 5.89. The number of methoxy groups -OCH3 is 3. The van der Waals surface area contributed by atoms with E-state index >= 15 is 0 Å². The summed E-state index contributed by atoms with van der Waals surface area (Å²) in [4.78, 5) is 0. The molecule has 1 heterocycles. The van der Waals surface area contributed by atoms with Gasteiger partial charge in [-0.1, -0.05) is 12.1 Å². The normalized spacial score (nSPS) is 10.6. The van der Waals surface area contributed by atoms with Crippen molar-refractivity contribution in [3.05, 3.63) is 48.7 Å². The van der Waals surface area contributed by atoms with Crippen LogP contribution in [-0.4, -0.2) is 21.3 Å². The third-order valence-electron chi connectivity index (χ3n) is 3.99. The zero-order chi connectivity index (χ0) is 16.4. The Labute approximate surface area is 135 Å². The fourth-order valence-electron chi connectivity index (χ4n) is 2.80. The number of pyridine rings is 1. The van der Waals surface area contributed by atoms with Crippen LogP contribution in [0.4, 0.5) is 0 Å². The molecule has 4 nitrogen and oxygen atoms in total. The van der Waals surface area contributed by atoms with Crippen molar-refractivity contribution in [2.75, 3.05) is 21.3 Å². The summed E-state index contributed by atoms with van der Waals surface area (Å²) in [5.74, 6) is 2.31. The SMILES string of the molecule is COc1ccc(-c2cc3cccc(OC)c3c[n+]2C)cc1OC. The fourth-order valence-corrected chi connectivity index (χ4v) is 2.80. The molecule has 3 aromatic rings. The van der Waals surface area contributed by atoms with Gasteiger partial charge in [0.2, 0.25) is 5.69 Å². The van der Waals surface area contributed by atoms with E-state index in [-0.39, 0.29) is 0 Å². The highest BCUT2D eigenvalue weighted by Gasteiger charge is 2.16. The largest absolute Gasteiger partial charge is 0.496 e. The van der Waals surface area contributed by atoms with Crippen LogP contribution in [0, 0.1) is 0 Å². The molecule has 0 spiro atoms. The van der Waals surface area contributed by atoms with Gasteiger partial charge in [0.25, 0.3) is 0 Å². The van der Waals surface area contributed by atoms with Crippen molar-refractivity contribution in [3.8, 4) is 28.5 Å². The van der Waals surface area contributed by atoms with Crippen molar-refractivity contribution in [2.45, 2.75) is 0 Å². The molecule has 0 N–H and O–H groups in total. The lowest BCUT2D eigenvalue weighted by molar-refractivity contribution is -0.659. The maximum Gasteiger partial charge on any atom is 0.213 e. The first-order chi connectivity index (χ1) is 11.2. The van der Waals surface area contributed by atoms with E-state index in [2.05, 4.69) is 22.9 Å². The van der Waals surface area contributed by atoms with Crippen LogP contribution < -0.4 is 18.8 Å². The second-order valence-corrected chi connectivity index (χ2v) is 5.30. The minimum Gasteiger partial charge on any atom is -0.496 e. The number of benzene rings is 2. The van der Waals surface area contributed by atoms with Crippen LogP contribution in [0.25, 0.3) is 22.0 Å². The molecule has 0 bridgehead atoms. The summed E-state index contributed by atoms with van der Waals surface area (Å²) in [5, 5.41) is 2.22. The molecule has 0 aliphatic carbocycles. The number of aryl methyl sites for hydroxylation is 1. The molecule has 0 fully saturated rings. The molecule has 0 radical (unpaired) electrons. The van der Waals surface area contributed by atoms with Gasteiger partial charge >= 0.3 is 0 Å². The molecule has 4 heteroatoms. The smallest absolute Gasteiger partial charge is 0.213 e. The molecular weight excluding hydrogens is 290 g/mol.